The second kappa shape index (κ2) is 6.75. The van der Waals surface area contributed by atoms with Gasteiger partial charge < -0.3 is 5.32 Å². The van der Waals surface area contributed by atoms with Crippen molar-refractivity contribution in [2.24, 2.45) is 5.92 Å². The summed E-state index contributed by atoms with van der Waals surface area (Å²) in [5.41, 5.74) is 0.376. The molecule has 0 aromatic carbocycles. The van der Waals surface area contributed by atoms with Gasteiger partial charge in [-0.2, -0.15) is 0 Å². The molecule has 1 rings (SSSR count). The van der Waals surface area contributed by atoms with Crippen molar-refractivity contribution in [1.29, 1.82) is 0 Å². The van der Waals surface area contributed by atoms with E-state index in [4.69, 9.17) is 0 Å². The highest BCUT2D eigenvalue weighted by molar-refractivity contribution is 5.01. The van der Waals surface area contributed by atoms with Gasteiger partial charge in [0.15, 0.2) is 0 Å². The van der Waals surface area contributed by atoms with Gasteiger partial charge >= 0.3 is 0 Å². The fraction of sp³-hybridized carbons (Fsp3) is 1.00. The molecular weight excluding hydrogens is 208 g/mol. The van der Waals surface area contributed by atoms with E-state index in [-0.39, 0.29) is 0 Å². The first-order valence-corrected chi connectivity index (χ1v) is 7.58. The maximum Gasteiger partial charge on any atom is 0.0359 e. The highest BCUT2D eigenvalue weighted by Gasteiger charge is 2.42. The number of nitrogens with zero attached hydrogens (tertiary/aromatic N) is 1. The largest absolute Gasteiger partial charge is 0.315 e. The van der Waals surface area contributed by atoms with Crippen LogP contribution in [0.25, 0.3) is 0 Å². The van der Waals surface area contributed by atoms with Crippen molar-refractivity contribution in [3.05, 3.63) is 0 Å². The van der Waals surface area contributed by atoms with E-state index < -0.39 is 0 Å². The summed E-state index contributed by atoms with van der Waals surface area (Å²) in [5, 5.41) is 3.63. The number of hydrogen-bond donors (Lipinski definition) is 1. The lowest BCUT2D eigenvalue weighted by molar-refractivity contribution is 0.0429. The van der Waals surface area contributed by atoms with Crippen LogP contribution in [0.3, 0.4) is 0 Å². The zero-order valence-electron chi connectivity index (χ0n) is 12.6. The molecule has 1 N–H and O–H groups in total. The highest BCUT2D eigenvalue weighted by Crippen LogP contribution is 2.35. The van der Waals surface area contributed by atoms with Gasteiger partial charge in [0.2, 0.25) is 0 Å². The Morgan fingerprint density at radius 1 is 1.12 bits per heavy atom. The van der Waals surface area contributed by atoms with Gasteiger partial charge in [-0.25, -0.2) is 0 Å². The van der Waals surface area contributed by atoms with E-state index >= 15 is 0 Å². The predicted molar refractivity (Wildman–Crippen MR) is 76.4 cm³/mol. The summed E-state index contributed by atoms with van der Waals surface area (Å²) < 4.78 is 0. The molecular formula is C15H32N2. The van der Waals surface area contributed by atoms with E-state index in [0.717, 1.165) is 5.92 Å². The van der Waals surface area contributed by atoms with Crippen molar-refractivity contribution in [2.45, 2.75) is 71.4 Å². The minimum Gasteiger partial charge on any atom is -0.315 e. The molecule has 0 amide bonds. The van der Waals surface area contributed by atoms with Crippen molar-refractivity contribution in [2.75, 3.05) is 20.1 Å². The number of nitrogens with one attached hydrogen (secondary N) is 1. The van der Waals surface area contributed by atoms with Gasteiger partial charge in [-0.05, 0) is 51.7 Å². The maximum absolute atomic E-state index is 3.63. The first-order valence-electron chi connectivity index (χ1n) is 7.58. The second-order valence-corrected chi connectivity index (χ2v) is 5.66. The average molecular weight is 240 g/mol. The van der Waals surface area contributed by atoms with Crippen LogP contribution in [-0.4, -0.2) is 36.6 Å². The maximum atomic E-state index is 3.63. The summed E-state index contributed by atoms with van der Waals surface area (Å²) in [6, 6.07) is 0.626. The minimum atomic E-state index is 0.376. The number of likely N-dealkylation sites (tertiary alicyclic amines) is 1. The van der Waals surface area contributed by atoms with Gasteiger partial charge in [0, 0.05) is 11.6 Å². The third-order valence-corrected chi connectivity index (χ3v) is 5.06. The lowest BCUT2D eigenvalue weighted by Crippen LogP contribution is -2.61. The highest BCUT2D eigenvalue weighted by atomic mass is 15.2. The molecule has 1 saturated heterocycles. The third kappa shape index (κ3) is 2.85. The average Bonchev–Trinajstić information content (AvgIpc) is 2.89. The molecule has 0 saturated carbocycles. The second-order valence-electron chi connectivity index (χ2n) is 5.66. The Kier molecular flexibility index (Phi) is 5.94. The number of rotatable bonds is 7. The molecule has 102 valence electrons. The molecule has 1 aliphatic rings. The SMILES string of the molecule is CCC(C)C(NC)C(CC)(CC)N1CCCC1. The Bertz CT molecular complexity index is 205. The fourth-order valence-corrected chi connectivity index (χ4v) is 3.81. The van der Waals surface area contributed by atoms with Crippen molar-refractivity contribution in [3.63, 3.8) is 0 Å². The van der Waals surface area contributed by atoms with Crippen LogP contribution >= 0.6 is 0 Å². The van der Waals surface area contributed by atoms with Crippen molar-refractivity contribution in [1.82, 2.24) is 10.2 Å². The molecule has 0 spiro atoms. The molecule has 0 aliphatic carbocycles. The number of hydrogen-bond acceptors (Lipinski definition) is 2. The van der Waals surface area contributed by atoms with Gasteiger partial charge in [-0.3, -0.25) is 4.90 Å². The van der Waals surface area contributed by atoms with E-state index in [2.05, 4.69) is 45.0 Å². The molecule has 0 bridgehead atoms. The Morgan fingerprint density at radius 2 is 1.65 bits per heavy atom. The molecule has 0 aromatic heterocycles. The smallest absolute Gasteiger partial charge is 0.0359 e. The van der Waals surface area contributed by atoms with E-state index in [0.29, 0.717) is 11.6 Å². The Morgan fingerprint density at radius 3 is 2.00 bits per heavy atom. The van der Waals surface area contributed by atoms with Gasteiger partial charge in [0.05, 0.1) is 0 Å². The van der Waals surface area contributed by atoms with Gasteiger partial charge in [0.1, 0.15) is 0 Å². The van der Waals surface area contributed by atoms with Crippen LogP contribution in [0, 0.1) is 5.92 Å². The standard InChI is InChI=1S/C15H32N2/c1-6-13(4)14(16-5)15(7-2,8-3)17-11-9-10-12-17/h13-14,16H,6-12H2,1-5H3. The summed E-state index contributed by atoms with van der Waals surface area (Å²) >= 11 is 0. The Labute approximate surface area is 108 Å². The quantitative estimate of drug-likeness (QED) is 0.735. The molecule has 1 fully saturated rings. The lowest BCUT2D eigenvalue weighted by atomic mass is 9.76. The lowest BCUT2D eigenvalue weighted by Gasteiger charge is -2.49. The monoisotopic (exact) mass is 240 g/mol. The van der Waals surface area contributed by atoms with Gasteiger partial charge in [0.25, 0.3) is 0 Å². The summed E-state index contributed by atoms with van der Waals surface area (Å²) in [7, 11) is 2.15. The van der Waals surface area contributed by atoms with Crippen LogP contribution in [0.15, 0.2) is 0 Å². The Balaban J connectivity index is 2.93. The summed E-state index contributed by atoms with van der Waals surface area (Å²) in [6.45, 7) is 12.1. The van der Waals surface area contributed by atoms with Crippen molar-refractivity contribution < 1.29 is 0 Å². The topological polar surface area (TPSA) is 15.3 Å². The molecule has 1 aliphatic heterocycles. The normalized spacial score (nSPS) is 21.7. The predicted octanol–water partition coefficient (Wildman–Crippen LogP) is 3.28. The van der Waals surface area contributed by atoms with Crippen LogP contribution in [0.5, 0.6) is 0 Å². The minimum absolute atomic E-state index is 0.376. The van der Waals surface area contributed by atoms with E-state index in [9.17, 15) is 0 Å². The van der Waals surface area contributed by atoms with Crippen molar-refractivity contribution in [3.8, 4) is 0 Å². The van der Waals surface area contributed by atoms with E-state index in [1.807, 2.05) is 0 Å². The van der Waals surface area contributed by atoms with Crippen LogP contribution in [0.2, 0.25) is 0 Å². The molecule has 1 heterocycles. The molecule has 17 heavy (non-hydrogen) atoms. The van der Waals surface area contributed by atoms with Crippen LogP contribution in [0.4, 0.5) is 0 Å². The molecule has 2 heteroatoms. The fourth-order valence-electron chi connectivity index (χ4n) is 3.81. The molecule has 2 unspecified atom stereocenters. The van der Waals surface area contributed by atoms with Crippen LogP contribution in [0.1, 0.15) is 59.8 Å². The molecule has 0 aromatic rings. The number of likely N-dealkylation sites (N-methyl/N-ethyl adjacent to an activating group) is 1. The van der Waals surface area contributed by atoms with Crippen LogP contribution in [-0.2, 0) is 0 Å². The third-order valence-electron chi connectivity index (χ3n) is 5.06. The van der Waals surface area contributed by atoms with Gasteiger partial charge in [-0.1, -0.05) is 34.1 Å². The Hall–Kier alpha value is -0.0800. The van der Waals surface area contributed by atoms with E-state index in [1.165, 1.54) is 45.2 Å². The van der Waals surface area contributed by atoms with Gasteiger partial charge in [-0.15, -0.1) is 0 Å². The first-order chi connectivity index (χ1) is 8.16. The summed E-state index contributed by atoms with van der Waals surface area (Å²) in [5.74, 6) is 0.750. The molecule has 2 nitrogen and oxygen atoms in total. The summed E-state index contributed by atoms with van der Waals surface area (Å²) in [6.07, 6.45) is 6.57. The van der Waals surface area contributed by atoms with Crippen LogP contribution < -0.4 is 5.32 Å². The molecule has 2 atom stereocenters. The van der Waals surface area contributed by atoms with Crippen molar-refractivity contribution >= 4 is 0 Å². The zero-order valence-corrected chi connectivity index (χ0v) is 12.6. The van der Waals surface area contributed by atoms with E-state index in [1.54, 1.807) is 0 Å². The first kappa shape index (κ1) is 15.0. The zero-order chi connectivity index (χ0) is 12.9. The summed E-state index contributed by atoms with van der Waals surface area (Å²) in [4.78, 5) is 2.76. The molecule has 0 radical (unpaired) electrons.